The van der Waals surface area contributed by atoms with Crippen molar-refractivity contribution in [2.24, 2.45) is 0 Å². The van der Waals surface area contributed by atoms with Crippen LogP contribution in [-0.4, -0.2) is 17.7 Å². The maximum atomic E-state index is 12.0. The van der Waals surface area contributed by atoms with Crippen LogP contribution in [0.3, 0.4) is 0 Å². The lowest BCUT2D eigenvalue weighted by Crippen LogP contribution is -2.09. The highest BCUT2D eigenvalue weighted by atomic mass is 16.5. The summed E-state index contributed by atoms with van der Waals surface area (Å²) in [6.07, 6.45) is 0. The Labute approximate surface area is 130 Å². The van der Waals surface area contributed by atoms with Crippen molar-refractivity contribution in [1.82, 2.24) is 0 Å². The van der Waals surface area contributed by atoms with E-state index in [1.807, 2.05) is 6.07 Å². The molecule has 0 spiro atoms. The molecule has 0 fully saturated rings. The van der Waals surface area contributed by atoms with Crippen LogP contribution in [0.5, 0.6) is 17.2 Å². The van der Waals surface area contributed by atoms with Crippen molar-refractivity contribution in [3.8, 4) is 17.2 Å². The lowest BCUT2D eigenvalue weighted by molar-refractivity contribution is -0.139. The maximum Gasteiger partial charge on any atom is 0.379 e. The lowest BCUT2D eigenvalue weighted by Gasteiger charge is -2.07. The van der Waals surface area contributed by atoms with Crippen molar-refractivity contribution in [3.63, 3.8) is 0 Å². The third kappa shape index (κ3) is 3.49. The van der Waals surface area contributed by atoms with E-state index in [0.29, 0.717) is 22.5 Å². The number of carboxylic acid groups (broad SMARTS) is 1. The summed E-state index contributed by atoms with van der Waals surface area (Å²) in [6.45, 7) is -0.467. The summed E-state index contributed by atoms with van der Waals surface area (Å²) < 4.78 is 15.8. The molecule has 0 saturated heterocycles. The number of carbonyl (C=O) groups is 1. The fourth-order valence-electron chi connectivity index (χ4n) is 1.99. The van der Waals surface area contributed by atoms with Gasteiger partial charge in [0.2, 0.25) is 5.75 Å². The molecule has 0 radical (unpaired) electrons. The first-order valence-electron chi connectivity index (χ1n) is 6.77. The van der Waals surface area contributed by atoms with Gasteiger partial charge < -0.3 is 19.0 Å². The van der Waals surface area contributed by atoms with Gasteiger partial charge in [-0.25, -0.2) is 9.59 Å². The predicted molar refractivity (Wildman–Crippen MR) is 82.1 cm³/mol. The quantitative estimate of drug-likeness (QED) is 0.729. The van der Waals surface area contributed by atoms with Gasteiger partial charge in [0.05, 0.1) is 0 Å². The van der Waals surface area contributed by atoms with Gasteiger partial charge in [0.15, 0.2) is 6.61 Å². The van der Waals surface area contributed by atoms with Gasteiger partial charge in [0.25, 0.3) is 0 Å². The zero-order valence-electron chi connectivity index (χ0n) is 11.9. The van der Waals surface area contributed by atoms with E-state index in [1.165, 1.54) is 6.07 Å². The van der Waals surface area contributed by atoms with E-state index in [0.717, 1.165) is 0 Å². The van der Waals surface area contributed by atoms with E-state index in [9.17, 15) is 9.59 Å². The summed E-state index contributed by atoms with van der Waals surface area (Å²) in [5.74, 6) is -0.179. The summed E-state index contributed by atoms with van der Waals surface area (Å²) in [6, 6.07) is 15.2. The molecule has 0 aliphatic carbocycles. The standard InChI is InChI=1S/C17H12O6/c18-16(19)10-21-13-7-6-11-8-15(17(20)23-14(11)9-13)22-12-4-2-1-3-5-12/h1-9H,10H2,(H,18,19). The zero-order valence-corrected chi connectivity index (χ0v) is 11.9. The molecule has 1 heterocycles. The minimum Gasteiger partial charge on any atom is -0.482 e. The largest absolute Gasteiger partial charge is 0.482 e. The van der Waals surface area contributed by atoms with Crippen LogP contribution in [0.25, 0.3) is 11.0 Å². The molecular formula is C17H12O6. The minimum absolute atomic E-state index is 0.0721. The van der Waals surface area contributed by atoms with E-state index in [1.54, 1.807) is 42.5 Å². The molecule has 0 aliphatic heterocycles. The van der Waals surface area contributed by atoms with E-state index in [2.05, 4.69) is 0 Å². The summed E-state index contributed by atoms with van der Waals surface area (Å²) in [5.41, 5.74) is -0.338. The number of ether oxygens (including phenoxy) is 2. The average Bonchev–Trinajstić information content (AvgIpc) is 2.54. The number of hydrogen-bond acceptors (Lipinski definition) is 5. The highest BCUT2D eigenvalue weighted by Gasteiger charge is 2.09. The molecule has 0 bridgehead atoms. The number of carboxylic acids is 1. The monoisotopic (exact) mass is 312 g/mol. The Kier molecular flexibility index (Phi) is 3.97. The lowest BCUT2D eigenvalue weighted by atomic mass is 10.2. The van der Waals surface area contributed by atoms with Gasteiger partial charge >= 0.3 is 11.6 Å². The van der Waals surface area contributed by atoms with Gasteiger partial charge in [-0.15, -0.1) is 0 Å². The number of fused-ring (bicyclic) bond motifs is 1. The predicted octanol–water partition coefficient (Wildman–Crippen LogP) is 3.05. The van der Waals surface area contributed by atoms with E-state index in [4.69, 9.17) is 19.0 Å². The summed E-state index contributed by atoms with van der Waals surface area (Å²) in [4.78, 5) is 22.5. The highest BCUT2D eigenvalue weighted by Crippen LogP contribution is 2.25. The number of aliphatic carboxylic acids is 1. The van der Waals surface area contributed by atoms with Crippen molar-refractivity contribution in [1.29, 1.82) is 0 Å². The molecular weight excluding hydrogens is 300 g/mol. The third-order valence-electron chi connectivity index (χ3n) is 3.01. The van der Waals surface area contributed by atoms with E-state index >= 15 is 0 Å². The average molecular weight is 312 g/mol. The zero-order chi connectivity index (χ0) is 16.2. The summed E-state index contributed by atoms with van der Waals surface area (Å²) in [7, 11) is 0. The Bertz CT molecular complexity index is 898. The first-order valence-corrected chi connectivity index (χ1v) is 6.77. The molecule has 6 heteroatoms. The minimum atomic E-state index is -1.09. The maximum absolute atomic E-state index is 12.0. The molecule has 3 rings (SSSR count). The smallest absolute Gasteiger partial charge is 0.379 e. The van der Waals surface area contributed by atoms with Crippen LogP contribution in [0.4, 0.5) is 0 Å². The second kappa shape index (κ2) is 6.23. The molecule has 2 aromatic carbocycles. The Morgan fingerprint density at radius 1 is 1.04 bits per heavy atom. The van der Waals surface area contributed by atoms with Crippen molar-refractivity contribution in [3.05, 3.63) is 65.0 Å². The molecule has 3 aromatic rings. The van der Waals surface area contributed by atoms with Gasteiger partial charge in [0.1, 0.15) is 17.1 Å². The van der Waals surface area contributed by atoms with Crippen LogP contribution in [0.1, 0.15) is 0 Å². The van der Waals surface area contributed by atoms with E-state index in [-0.39, 0.29) is 5.75 Å². The van der Waals surface area contributed by atoms with Gasteiger partial charge in [0, 0.05) is 11.5 Å². The summed E-state index contributed by atoms with van der Waals surface area (Å²) >= 11 is 0. The molecule has 0 unspecified atom stereocenters. The van der Waals surface area contributed by atoms with Crippen LogP contribution in [0.2, 0.25) is 0 Å². The first kappa shape index (κ1) is 14.6. The van der Waals surface area contributed by atoms with E-state index < -0.39 is 18.2 Å². The Morgan fingerprint density at radius 3 is 2.57 bits per heavy atom. The number of benzene rings is 2. The van der Waals surface area contributed by atoms with Gasteiger partial charge in [-0.2, -0.15) is 0 Å². The molecule has 0 atom stereocenters. The van der Waals surface area contributed by atoms with Crippen LogP contribution >= 0.6 is 0 Å². The van der Waals surface area contributed by atoms with Crippen molar-refractivity contribution in [2.75, 3.05) is 6.61 Å². The molecule has 23 heavy (non-hydrogen) atoms. The number of hydrogen-bond donors (Lipinski definition) is 1. The highest BCUT2D eigenvalue weighted by molar-refractivity contribution is 5.79. The second-order valence-electron chi connectivity index (χ2n) is 4.70. The molecule has 0 aliphatic rings. The van der Waals surface area contributed by atoms with Crippen LogP contribution < -0.4 is 15.1 Å². The number of para-hydroxylation sites is 1. The molecule has 0 saturated carbocycles. The van der Waals surface area contributed by atoms with Gasteiger partial charge in [-0.05, 0) is 30.3 Å². The van der Waals surface area contributed by atoms with Gasteiger partial charge in [-0.3, -0.25) is 0 Å². The fraction of sp³-hybridized carbons (Fsp3) is 0.0588. The van der Waals surface area contributed by atoms with Crippen molar-refractivity contribution >= 4 is 16.9 Å². The molecule has 1 N–H and O–H groups in total. The number of rotatable bonds is 5. The topological polar surface area (TPSA) is 86.0 Å². The SMILES string of the molecule is O=C(O)COc1ccc2cc(Oc3ccccc3)c(=O)oc2c1. The Balaban J connectivity index is 1.91. The molecule has 1 aromatic heterocycles. The molecule has 6 nitrogen and oxygen atoms in total. The van der Waals surface area contributed by atoms with Crippen molar-refractivity contribution < 1.29 is 23.8 Å². The Morgan fingerprint density at radius 2 is 1.83 bits per heavy atom. The van der Waals surface area contributed by atoms with Crippen molar-refractivity contribution in [2.45, 2.75) is 0 Å². The second-order valence-corrected chi connectivity index (χ2v) is 4.70. The normalized spacial score (nSPS) is 10.4. The molecule has 0 amide bonds. The van der Waals surface area contributed by atoms with Crippen LogP contribution in [0, 0.1) is 0 Å². The van der Waals surface area contributed by atoms with Crippen LogP contribution in [0.15, 0.2) is 63.8 Å². The molecule has 116 valence electrons. The Hall–Kier alpha value is -3.28. The third-order valence-corrected chi connectivity index (χ3v) is 3.01. The van der Waals surface area contributed by atoms with Gasteiger partial charge in [-0.1, -0.05) is 18.2 Å². The fourth-order valence-corrected chi connectivity index (χ4v) is 1.99. The summed E-state index contributed by atoms with van der Waals surface area (Å²) in [5, 5.41) is 9.23. The van der Waals surface area contributed by atoms with Crippen LogP contribution in [-0.2, 0) is 4.79 Å². The first-order chi connectivity index (χ1) is 11.1.